The molecule has 0 spiro atoms. The summed E-state index contributed by atoms with van der Waals surface area (Å²) in [6.07, 6.45) is 5.38. The molecule has 2 amide bonds. The molecule has 1 aliphatic carbocycles. The zero-order valence-electron chi connectivity index (χ0n) is 23.9. The molecule has 3 aromatic carbocycles. The predicted molar refractivity (Wildman–Crippen MR) is 168 cm³/mol. The number of benzene rings is 3. The third-order valence-corrected chi connectivity index (χ3v) is 10.0. The second-order valence-corrected chi connectivity index (χ2v) is 13.3. The standard InChI is InChI=1S/C32H37Cl2N3O4S/c1-3-29(32(39)35-26-13-6-4-7-14-26)36(21-24-18-19-25(33)20-28(24)34)31(38)22-37(30-17-11-10-12-23(30)2)42(40,41)27-15-8-5-9-16-27/h5,8-12,15-20,26,29H,3-4,6-7,13-14,21-22H2,1-2H3,(H,35,39)/t29-/m0/s1. The van der Waals surface area contributed by atoms with Gasteiger partial charge in [-0.25, -0.2) is 8.42 Å². The molecule has 3 aromatic rings. The van der Waals surface area contributed by atoms with Gasteiger partial charge >= 0.3 is 0 Å². The highest BCUT2D eigenvalue weighted by Crippen LogP contribution is 2.29. The number of amides is 2. The lowest BCUT2D eigenvalue weighted by Gasteiger charge is -2.35. The predicted octanol–water partition coefficient (Wildman–Crippen LogP) is 6.75. The maximum atomic E-state index is 14.3. The number of carbonyl (C=O) groups excluding carboxylic acids is 2. The third-order valence-electron chi connectivity index (χ3n) is 7.69. The highest BCUT2D eigenvalue weighted by Gasteiger charge is 2.35. The van der Waals surface area contributed by atoms with Gasteiger partial charge in [0.2, 0.25) is 11.8 Å². The molecule has 10 heteroatoms. The fraction of sp³-hybridized carbons (Fsp3) is 0.375. The largest absolute Gasteiger partial charge is 0.352 e. The fourth-order valence-electron chi connectivity index (χ4n) is 5.37. The molecule has 0 saturated heterocycles. The van der Waals surface area contributed by atoms with Gasteiger partial charge in [-0.05, 0) is 67.6 Å². The van der Waals surface area contributed by atoms with Gasteiger partial charge in [0.05, 0.1) is 10.6 Å². The minimum Gasteiger partial charge on any atom is -0.352 e. The molecule has 224 valence electrons. The van der Waals surface area contributed by atoms with Crippen LogP contribution in [0.15, 0.2) is 77.7 Å². The van der Waals surface area contributed by atoms with Gasteiger partial charge < -0.3 is 10.2 Å². The van der Waals surface area contributed by atoms with E-state index in [0.29, 0.717) is 33.3 Å². The molecule has 1 N–H and O–H groups in total. The number of hydrogen-bond acceptors (Lipinski definition) is 4. The molecule has 1 saturated carbocycles. The Kier molecular flexibility index (Phi) is 10.9. The minimum atomic E-state index is -4.13. The zero-order chi connectivity index (χ0) is 30.3. The number of anilines is 1. The minimum absolute atomic E-state index is 0.0123. The van der Waals surface area contributed by atoms with Crippen LogP contribution in [-0.2, 0) is 26.2 Å². The number of sulfonamides is 1. The average molecular weight is 631 g/mol. The van der Waals surface area contributed by atoms with Crippen LogP contribution in [0.25, 0.3) is 0 Å². The van der Waals surface area contributed by atoms with Crippen LogP contribution < -0.4 is 9.62 Å². The lowest BCUT2D eigenvalue weighted by atomic mass is 9.95. The summed E-state index contributed by atoms with van der Waals surface area (Å²) < 4.78 is 29.1. The van der Waals surface area contributed by atoms with Gasteiger partial charge in [0.1, 0.15) is 12.6 Å². The van der Waals surface area contributed by atoms with Crippen molar-refractivity contribution in [2.45, 2.75) is 75.9 Å². The molecule has 7 nitrogen and oxygen atoms in total. The van der Waals surface area contributed by atoms with Gasteiger partial charge in [-0.3, -0.25) is 13.9 Å². The van der Waals surface area contributed by atoms with E-state index in [9.17, 15) is 18.0 Å². The van der Waals surface area contributed by atoms with Crippen LogP contribution in [0.1, 0.15) is 56.6 Å². The Labute approximate surface area is 258 Å². The van der Waals surface area contributed by atoms with Crippen LogP contribution >= 0.6 is 23.2 Å². The number of halogens is 2. The Morgan fingerprint density at radius 3 is 2.26 bits per heavy atom. The summed E-state index contributed by atoms with van der Waals surface area (Å²) in [5.74, 6) is -0.773. The van der Waals surface area contributed by atoms with Crippen molar-refractivity contribution in [2.24, 2.45) is 0 Å². The van der Waals surface area contributed by atoms with E-state index in [4.69, 9.17) is 23.2 Å². The summed E-state index contributed by atoms with van der Waals surface area (Å²) in [5, 5.41) is 3.95. The van der Waals surface area contributed by atoms with Crippen molar-refractivity contribution in [1.29, 1.82) is 0 Å². The molecule has 1 fully saturated rings. The number of nitrogens with one attached hydrogen (secondary N) is 1. The van der Waals surface area contributed by atoms with E-state index in [1.165, 1.54) is 17.0 Å². The molecule has 1 aliphatic rings. The maximum absolute atomic E-state index is 14.3. The first-order valence-corrected chi connectivity index (χ1v) is 16.5. The van der Waals surface area contributed by atoms with Crippen LogP contribution in [0.3, 0.4) is 0 Å². The zero-order valence-corrected chi connectivity index (χ0v) is 26.3. The monoisotopic (exact) mass is 629 g/mol. The molecular weight excluding hydrogens is 593 g/mol. The second kappa shape index (κ2) is 14.4. The van der Waals surface area contributed by atoms with Gasteiger partial charge in [-0.2, -0.15) is 0 Å². The molecule has 4 rings (SSSR count). The van der Waals surface area contributed by atoms with Crippen molar-refractivity contribution in [2.75, 3.05) is 10.8 Å². The van der Waals surface area contributed by atoms with Crippen molar-refractivity contribution in [3.63, 3.8) is 0 Å². The second-order valence-electron chi connectivity index (χ2n) is 10.6. The van der Waals surface area contributed by atoms with Gasteiger partial charge in [0.25, 0.3) is 10.0 Å². The van der Waals surface area contributed by atoms with E-state index in [2.05, 4.69) is 5.32 Å². The van der Waals surface area contributed by atoms with Gasteiger partial charge in [-0.15, -0.1) is 0 Å². The smallest absolute Gasteiger partial charge is 0.264 e. The number of carbonyl (C=O) groups is 2. The molecule has 1 atom stereocenters. The summed E-state index contributed by atoms with van der Waals surface area (Å²) in [6.45, 7) is 3.15. The van der Waals surface area contributed by atoms with Crippen molar-refractivity contribution in [1.82, 2.24) is 10.2 Å². The number of nitrogens with zero attached hydrogens (tertiary/aromatic N) is 2. The summed E-state index contributed by atoms with van der Waals surface area (Å²) in [4.78, 5) is 29.4. The molecule has 0 aliphatic heterocycles. The summed E-state index contributed by atoms with van der Waals surface area (Å²) in [6, 6.07) is 19.2. The Balaban J connectivity index is 1.72. The van der Waals surface area contributed by atoms with Crippen LogP contribution in [0.5, 0.6) is 0 Å². The van der Waals surface area contributed by atoms with E-state index in [0.717, 1.165) is 36.4 Å². The maximum Gasteiger partial charge on any atom is 0.264 e. The van der Waals surface area contributed by atoms with Crippen molar-refractivity contribution in [3.8, 4) is 0 Å². The first kappa shape index (κ1) is 31.9. The van der Waals surface area contributed by atoms with E-state index >= 15 is 0 Å². The summed E-state index contributed by atoms with van der Waals surface area (Å²) in [7, 11) is -4.13. The fourth-order valence-corrected chi connectivity index (χ4v) is 7.34. The molecule has 0 heterocycles. The van der Waals surface area contributed by atoms with Gasteiger partial charge in [-0.1, -0.05) is 91.9 Å². The topological polar surface area (TPSA) is 86.8 Å². The molecule has 0 unspecified atom stereocenters. The Morgan fingerprint density at radius 2 is 1.62 bits per heavy atom. The lowest BCUT2D eigenvalue weighted by molar-refractivity contribution is -0.140. The summed E-state index contributed by atoms with van der Waals surface area (Å²) in [5.41, 5.74) is 1.68. The van der Waals surface area contributed by atoms with E-state index in [1.807, 2.05) is 13.0 Å². The van der Waals surface area contributed by atoms with Crippen LogP contribution in [0, 0.1) is 6.92 Å². The first-order chi connectivity index (χ1) is 20.1. The van der Waals surface area contributed by atoms with Gasteiger partial charge in [0.15, 0.2) is 0 Å². The number of rotatable bonds is 11. The Bertz CT molecular complexity index is 1490. The molecular formula is C32H37Cl2N3O4S. The first-order valence-electron chi connectivity index (χ1n) is 14.3. The SMILES string of the molecule is CC[C@@H](C(=O)NC1CCCCC1)N(Cc1ccc(Cl)cc1Cl)C(=O)CN(c1ccccc1C)S(=O)(=O)c1ccccc1. The normalized spacial score (nSPS) is 14.7. The Morgan fingerprint density at radius 1 is 0.952 bits per heavy atom. The van der Waals surface area contributed by atoms with E-state index in [-0.39, 0.29) is 23.4 Å². The summed E-state index contributed by atoms with van der Waals surface area (Å²) >= 11 is 12.6. The van der Waals surface area contributed by atoms with Gasteiger partial charge in [0, 0.05) is 22.6 Å². The molecule has 0 aromatic heterocycles. The quantitative estimate of drug-likeness (QED) is 0.254. The lowest BCUT2D eigenvalue weighted by Crippen LogP contribution is -2.54. The van der Waals surface area contributed by atoms with Crippen molar-refractivity contribution >= 4 is 50.7 Å². The number of aryl methyl sites for hydroxylation is 1. The molecule has 42 heavy (non-hydrogen) atoms. The van der Waals surface area contributed by atoms with Crippen LogP contribution in [0.4, 0.5) is 5.69 Å². The highest BCUT2D eigenvalue weighted by molar-refractivity contribution is 7.92. The highest BCUT2D eigenvalue weighted by atomic mass is 35.5. The number of para-hydroxylation sites is 1. The Hall–Kier alpha value is -3.07. The van der Waals surface area contributed by atoms with Crippen LogP contribution in [0.2, 0.25) is 10.0 Å². The molecule has 0 bridgehead atoms. The van der Waals surface area contributed by atoms with Crippen molar-refractivity contribution in [3.05, 3.63) is 94.0 Å². The number of hydrogen-bond donors (Lipinski definition) is 1. The molecule has 0 radical (unpaired) electrons. The van der Waals surface area contributed by atoms with Crippen LogP contribution in [-0.4, -0.2) is 43.8 Å². The van der Waals surface area contributed by atoms with Crippen molar-refractivity contribution < 1.29 is 18.0 Å². The van der Waals surface area contributed by atoms with E-state index < -0.39 is 28.5 Å². The third kappa shape index (κ3) is 7.65. The van der Waals surface area contributed by atoms with E-state index in [1.54, 1.807) is 61.5 Å². The average Bonchev–Trinajstić information content (AvgIpc) is 2.98.